The average molecular weight is 388 g/mol. The molecule has 1 aliphatic rings. The maximum Gasteiger partial charge on any atom is 0.227 e. The van der Waals surface area contributed by atoms with E-state index in [9.17, 15) is 14.7 Å². The van der Waals surface area contributed by atoms with E-state index in [1.54, 1.807) is 24.9 Å². The van der Waals surface area contributed by atoms with E-state index in [-0.39, 0.29) is 23.8 Å². The molecule has 0 bridgehead atoms. The Kier molecular flexibility index (Phi) is 6.21. The molecule has 1 fully saturated rings. The molecule has 1 aliphatic heterocycles. The van der Waals surface area contributed by atoms with Crippen molar-refractivity contribution >= 4 is 17.7 Å². The number of pyridine rings is 1. The molecule has 144 valence electrons. The summed E-state index contributed by atoms with van der Waals surface area (Å²) in [6, 6.07) is 6.97. The third-order valence-electron chi connectivity index (χ3n) is 4.91. The van der Waals surface area contributed by atoms with Crippen LogP contribution < -0.4 is 10.7 Å². The van der Waals surface area contributed by atoms with Crippen LogP contribution in [0.3, 0.4) is 0 Å². The lowest BCUT2D eigenvalue weighted by Gasteiger charge is -2.35. The van der Waals surface area contributed by atoms with Crippen molar-refractivity contribution in [3.8, 4) is 5.75 Å². The van der Waals surface area contributed by atoms with Crippen molar-refractivity contribution in [3.63, 3.8) is 0 Å². The van der Waals surface area contributed by atoms with E-state index < -0.39 is 10.8 Å². The van der Waals surface area contributed by atoms with Crippen LogP contribution in [-0.2, 0) is 16.6 Å². The summed E-state index contributed by atoms with van der Waals surface area (Å²) < 4.78 is 5.76. The van der Waals surface area contributed by atoms with E-state index in [0.29, 0.717) is 31.6 Å². The Bertz CT molecular complexity index is 845. The van der Waals surface area contributed by atoms with Gasteiger partial charge in [-0.15, -0.1) is 0 Å². The van der Waals surface area contributed by atoms with E-state index in [0.717, 1.165) is 17.2 Å². The normalized spacial score (nSPS) is 16.0. The van der Waals surface area contributed by atoms with Crippen molar-refractivity contribution in [2.75, 3.05) is 18.1 Å². The number of aromatic nitrogens is 1. The van der Waals surface area contributed by atoms with Crippen LogP contribution in [0.15, 0.2) is 39.7 Å². The van der Waals surface area contributed by atoms with Gasteiger partial charge in [-0.3, -0.25) is 14.6 Å². The molecule has 0 saturated carbocycles. The predicted molar refractivity (Wildman–Crippen MR) is 105 cm³/mol. The van der Waals surface area contributed by atoms with Crippen LogP contribution in [0.25, 0.3) is 0 Å². The van der Waals surface area contributed by atoms with Gasteiger partial charge >= 0.3 is 0 Å². The fourth-order valence-corrected chi connectivity index (χ4v) is 4.73. The van der Waals surface area contributed by atoms with E-state index in [2.05, 4.69) is 10.3 Å². The Morgan fingerprint density at radius 3 is 2.85 bits per heavy atom. The molecule has 0 radical (unpaired) electrons. The Morgan fingerprint density at radius 2 is 2.15 bits per heavy atom. The van der Waals surface area contributed by atoms with Gasteiger partial charge in [-0.2, -0.15) is 11.8 Å². The number of nitrogens with one attached hydrogen (secondary N) is 1. The molecular weight excluding hydrogens is 364 g/mol. The van der Waals surface area contributed by atoms with E-state index in [1.165, 1.54) is 6.07 Å². The number of hydrogen-bond acceptors (Lipinski definition) is 6. The molecule has 0 spiro atoms. The molecule has 2 aromatic heterocycles. The quantitative estimate of drug-likeness (QED) is 0.790. The van der Waals surface area contributed by atoms with Gasteiger partial charge in [0.05, 0.1) is 0 Å². The third-order valence-corrected chi connectivity index (χ3v) is 5.89. The van der Waals surface area contributed by atoms with Gasteiger partial charge in [-0.25, -0.2) is 0 Å². The highest BCUT2D eigenvalue weighted by atomic mass is 32.2. The lowest BCUT2D eigenvalue weighted by Crippen LogP contribution is -2.39. The van der Waals surface area contributed by atoms with Gasteiger partial charge in [0.25, 0.3) is 0 Å². The molecule has 2 N–H and O–H groups in total. The van der Waals surface area contributed by atoms with Gasteiger partial charge in [-0.05, 0) is 43.4 Å². The summed E-state index contributed by atoms with van der Waals surface area (Å²) in [6.45, 7) is 2.17. The number of rotatable bonds is 6. The highest BCUT2D eigenvalue weighted by molar-refractivity contribution is 7.99. The first-order valence-electron chi connectivity index (χ1n) is 9.09. The number of aromatic hydroxyl groups is 1. The van der Waals surface area contributed by atoms with Gasteiger partial charge in [-0.1, -0.05) is 6.07 Å². The molecule has 1 saturated heterocycles. The number of aryl methyl sites for hydroxylation is 1. The second-order valence-corrected chi connectivity index (χ2v) is 8.11. The van der Waals surface area contributed by atoms with Gasteiger partial charge in [0, 0.05) is 42.8 Å². The molecule has 0 unspecified atom stereocenters. The van der Waals surface area contributed by atoms with Crippen molar-refractivity contribution < 1.29 is 14.3 Å². The lowest BCUT2D eigenvalue weighted by molar-refractivity contribution is -0.122. The van der Waals surface area contributed by atoms with Gasteiger partial charge in [0.1, 0.15) is 5.76 Å². The summed E-state index contributed by atoms with van der Waals surface area (Å²) in [7, 11) is 0. The predicted octanol–water partition coefficient (Wildman–Crippen LogP) is 2.56. The first kappa shape index (κ1) is 19.5. The summed E-state index contributed by atoms with van der Waals surface area (Å²) in [5.74, 6) is 1.94. The van der Waals surface area contributed by atoms with Crippen molar-refractivity contribution in [2.24, 2.45) is 0 Å². The zero-order valence-corrected chi connectivity index (χ0v) is 16.2. The van der Waals surface area contributed by atoms with Crippen LogP contribution in [0.4, 0.5) is 0 Å². The SMILES string of the molecule is Cc1cc(=O)c(O)c(C2(CC(=O)NCCc3ccccn3)CCSCC2)o1. The smallest absolute Gasteiger partial charge is 0.227 e. The summed E-state index contributed by atoms with van der Waals surface area (Å²) in [5.41, 5.74) is -0.180. The number of carbonyl (C=O) groups is 1. The Hall–Kier alpha value is -2.28. The van der Waals surface area contributed by atoms with Crippen molar-refractivity contribution in [1.29, 1.82) is 0 Å². The summed E-state index contributed by atoms with van der Waals surface area (Å²) in [5, 5.41) is 13.3. The van der Waals surface area contributed by atoms with Crippen LogP contribution in [-0.4, -0.2) is 34.0 Å². The summed E-state index contributed by atoms with van der Waals surface area (Å²) in [6.07, 6.45) is 3.95. The fraction of sp³-hybridized carbons (Fsp3) is 0.450. The van der Waals surface area contributed by atoms with Gasteiger partial charge in [0.15, 0.2) is 5.76 Å². The number of amides is 1. The second kappa shape index (κ2) is 8.61. The minimum Gasteiger partial charge on any atom is -0.502 e. The summed E-state index contributed by atoms with van der Waals surface area (Å²) in [4.78, 5) is 28.9. The Balaban J connectivity index is 1.73. The monoisotopic (exact) mass is 388 g/mol. The molecule has 2 aromatic rings. The van der Waals surface area contributed by atoms with E-state index >= 15 is 0 Å². The Morgan fingerprint density at radius 1 is 1.37 bits per heavy atom. The Labute approximate surface area is 162 Å². The number of nitrogens with zero attached hydrogens (tertiary/aromatic N) is 1. The number of carbonyl (C=O) groups excluding carboxylic acids is 1. The van der Waals surface area contributed by atoms with E-state index in [1.807, 2.05) is 18.2 Å². The van der Waals surface area contributed by atoms with Crippen LogP contribution in [0.2, 0.25) is 0 Å². The molecule has 3 rings (SSSR count). The highest BCUT2D eigenvalue weighted by Gasteiger charge is 2.41. The largest absolute Gasteiger partial charge is 0.502 e. The highest BCUT2D eigenvalue weighted by Crippen LogP contribution is 2.43. The minimum absolute atomic E-state index is 0.110. The second-order valence-electron chi connectivity index (χ2n) is 6.89. The fourth-order valence-electron chi connectivity index (χ4n) is 3.46. The van der Waals surface area contributed by atoms with Crippen molar-refractivity contribution in [3.05, 3.63) is 57.9 Å². The van der Waals surface area contributed by atoms with Crippen LogP contribution in [0, 0.1) is 6.92 Å². The van der Waals surface area contributed by atoms with Gasteiger partial charge in [0.2, 0.25) is 17.1 Å². The van der Waals surface area contributed by atoms with Crippen molar-refractivity contribution in [1.82, 2.24) is 10.3 Å². The average Bonchev–Trinajstić information content (AvgIpc) is 2.66. The molecule has 0 atom stereocenters. The minimum atomic E-state index is -0.643. The molecule has 0 aliphatic carbocycles. The topological polar surface area (TPSA) is 92.4 Å². The molecule has 7 heteroatoms. The standard InChI is InChI=1S/C20H24N2O4S/c1-14-12-16(23)18(25)19(26-14)20(6-10-27-11-7-20)13-17(24)22-9-5-15-4-2-3-8-21-15/h2-4,8,12,25H,5-7,9-11,13H2,1H3,(H,22,24). The molecular formula is C20H24N2O4S. The molecule has 0 aromatic carbocycles. The molecule has 1 amide bonds. The van der Waals surface area contributed by atoms with Crippen LogP contribution in [0.1, 0.15) is 36.5 Å². The third kappa shape index (κ3) is 4.71. The van der Waals surface area contributed by atoms with Crippen molar-refractivity contribution in [2.45, 2.75) is 38.0 Å². The lowest BCUT2D eigenvalue weighted by atomic mass is 9.75. The van der Waals surface area contributed by atoms with Crippen LogP contribution >= 0.6 is 11.8 Å². The molecule has 3 heterocycles. The first-order chi connectivity index (χ1) is 13.0. The molecule has 6 nitrogen and oxygen atoms in total. The zero-order chi connectivity index (χ0) is 19.3. The molecule has 27 heavy (non-hydrogen) atoms. The van der Waals surface area contributed by atoms with E-state index in [4.69, 9.17) is 4.42 Å². The van der Waals surface area contributed by atoms with Gasteiger partial charge < -0.3 is 14.8 Å². The maximum absolute atomic E-state index is 12.6. The number of thioether (sulfide) groups is 1. The zero-order valence-electron chi connectivity index (χ0n) is 15.4. The number of hydrogen-bond donors (Lipinski definition) is 2. The summed E-state index contributed by atoms with van der Waals surface area (Å²) >= 11 is 1.81. The van der Waals surface area contributed by atoms with Crippen LogP contribution in [0.5, 0.6) is 5.75 Å². The maximum atomic E-state index is 12.6. The first-order valence-corrected chi connectivity index (χ1v) is 10.2.